The molecule has 1 heterocycles. The number of hydrogen-bond acceptors (Lipinski definition) is 3. The van der Waals surface area contributed by atoms with Gasteiger partial charge in [0.25, 0.3) is 0 Å². The minimum atomic E-state index is 0.636. The van der Waals surface area contributed by atoms with Gasteiger partial charge in [0.15, 0.2) is 5.11 Å². The highest BCUT2D eigenvalue weighted by Gasteiger charge is 2.19. The predicted molar refractivity (Wildman–Crippen MR) is 70.8 cm³/mol. The van der Waals surface area contributed by atoms with Crippen LogP contribution in [0, 0.1) is 0 Å². The monoisotopic (exact) mass is 245 g/mol. The quantitative estimate of drug-likeness (QED) is 0.576. The zero-order valence-corrected chi connectivity index (χ0v) is 11.3. The highest BCUT2D eigenvalue weighted by molar-refractivity contribution is 7.80. The minimum absolute atomic E-state index is 0.636. The van der Waals surface area contributed by atoms with Gasteiger partial charge in [0, 0.05) is 45.9 Å². The second kappa shape index (κ2) is 7.04. The molecular weight excluding hydrogens is 222 g/mol. The molecule has 0 unspecified atom stereocenters. The molecule has 0 amide bonds. The maximum atomic E-state index is 5.33. The molecule has 1 aliphatic heterocycles. The molecular formula is C11H23N3OS. The van der Waals surface area contributed by atoms with Crippen LogP contribution in [0.5, 0.6) is 0 Å². The first-order chi connectivity index (χ1) is 7.65. The Balaban J connectivity index is 2.22. The van der Waals surface area contributed by atoms with E-state index in [1.807, 2.05) is 0 Å². The van der Waals surface area contributed by atoms with Crippen LogP contribution in [-0.2, 0) is 4.74 Å². The Kier molecular flexibility index (Phi) is 6.01. The first-order valence-corrected chi connectivity index (χ1v) is 6.31. The lowest BCUT2D eigenvalue weighted by Gasteiger charge is -2.38. The van der Waals surface area contributed by atoms with Crippen molar-refractivity contribution in [1.82, 2.24) is 15.1 Å². The molecule has 1 rings (SSSR count). The number of methoxy groups -OCH3 is 1. The first kappa shape index (κ1) is 13.7. The van der Waals surface area contributed by atoms with Gasteiger partial charge in [0.1, 0.15) is 0 Å². The van der Waals surface area contributed by atoms with Crippen LogP contribution in [0.1, 0.15) is 13.8 Å². The fraction of sp³-hybridized carbons (Fsp3) is 0.909. The summed E-state index contributed by atoms with van der Waals surface area (Å²) in [5, 5.41) is 4.07. The van der Waals surface area contributed by atoms with Crippen molar-refractivity contribution in [1.29, 1.82) is 0 Å². The van der Waals surface area contributed by atoms with Gasteiger partial charge in [-0.1, -0.05) is 0 Å². The van der Waals surface area contributed by atoms with E-state index in [9.17, 15) is 0 Å². The van der Waals surface area contributed by atoms with Crippen molar-refractivity contribution < 1.29 is 4.74 Å². The molecule has 0 aromatic heterocycles. The molecule has 1 aliphatic rings. The van der Waals surface area contributed by atoms with E-state index >= 15 is 0 Å². The van der Waals surface area contributed by atoms with E-state index in [0.717, 1.165) is 37.8 Å². The molecule has 5 heteroatoms. The van der Waals surface area contributed by atoms with Gasteiger partial charge in [-0.2, -0.15) is 0 Å². The average Bonchev–Trinajstić information content (AvgIpc) is 2.29. The highest BCUT2D eigenvalue weighted by atomic mass is 32.1. The zero-order valence-electron chi connectivity index (χ0n) is 10.5. The number of rotatable bonds is 4. The fourth-order valence-electron chi connectivity index (χ4n) is 1.81. The van der Waals surface area contributed by atoms with Crippen LogP contribution in [0.3, 0.4) is 0 Å². The SMILES string of the molecule is COCCNC(=S)N1CCN(C(C)C)CC1. The number of thiocarbonyl (C=S) groups is 1. The lowest BCUT2D eigenvalue weighted by Crippen LogP contribution is -2.53. The Morgan fingerprint density at radius 1 is 1.31 bits per heavy atom. The van der Waals surface area contributed by atoms with Crippen molar-refractivity contribution in [2.24, 2.45) is 0 Å². The summed E-state index contributed by atoms with van der Waals surface area (Å²) in [6.45, 7) is 10.2. The summed E-state index contributed by atoms with van der Waals surface area (Å²) >= 11 is 5.33. The van der Waals surface area contributed by atoms with Crippen molar-refractivity contribution in [2.75, 3.05) is 46.4 Å². The number of nitrogens with zero attached hydrogens (tertiary/aromatic N) is 2. The van der Waals surface area contributed by atoms with Crippen molar-refractivity contribution in [2.45, 2.75) is 19.9 Å². The van der Waals surface area contributed by atoms with Gasteiger partial charge >= 0.3 is 0 Å². The third-order valence-electron chi connectivity index (χ3n) is 2.91. The maximum Gasteiger partial charge on any atom is 0.169 e. The first-order valence-electron chi connectivity index (χ1n) is 5.91. The molecule has 0 aliphatic carbocycles. The summed E-state index contributed by atoms with van der Waals surface area (Å²) < 4.78 is 4.98. The van der Waals surface area contributed by atoms with E-state index in [-0.39, 0.29) is 0 Å². The molecule has 0 saturated carbocycles. The van der Waals surface area contributed by atoms with Crippen molar-refractivity contribution in [3.8, 4) is 0 Å². The molecule has 0 aromatic carbocycles. The summed E-state index contributed by atoms with van der Waals surface area (Å²) in [5.74, 6) is 0. The maximum absolute atomic E-state index is 5.33. The summed E-state index contributed by atoms with van der Waals surface area (Å²) in [4.78, 5) is 4.72. The van der Waals surface area contributed by atoms with Crippen molar-refractivity contribution in [3.63, 3.8) is 0 Å². The topological polar surface area (TPSA) is 27.7 Å². The summed E-state index contributed by atoms with van der Waals surface area (Å²) in [5.41, 5.74) is 0. The van der Waals surface area contributed by atoms with Crippen molar-refractivity contribution in [3.05, 3.63) is 0 Å². The fourth-order valence-corrected chi connectivity index (χ4v) is 2.10. The molecule has 94 valence electrons. The van der Waals surface area contributed by atoms with Gasteiger partial charge in [-0.15, -0.1) is 0 Å². The van der Waals surface area contributed by atoms with Crippen LogP contribution in [0.2, 0.25) is 0 Å². The molecule has 0 spiro atoms. The molecule has 0 bridgehead atoms. The standard InChI is InChI=1S/C11H23N3OS/c1-10(2)13-5-7-14(8-6-13)11(16)12-4-9-15-3/h10H,4-9H2,1-3H3,(H,12,16). The Labute approximate surface area is 104 Å². The smallest absolute Gasteiger partial charge is 0.169 e. The Bertz CT molecular complexity index is 215. The van der Waals surface area contributed by atoms with Gasteiger partial charge < -0.3 is 15.0 Å². The van der Waals surface area contributed by atoms with Crippen LogP contribution < -0.4 is 5.32 Å². The van der Waals surface area contributed by atoms with E-state index in [4.69, 9.17) is 17.0 Å². The molecule has 0 aromatic rings. The van der Waals surface area contributed by atoms with Gasteiger partial charge in [-0.3, -0.25) is 4.90 Å². The second-order valence-corrected chi connectivity index (χ2v) is 4.73. The van der Waals surface area contributed by atoms with Crippen LogP contribution >= 0.6 is 12.2 Å². The normalized spacial score (nSPS) is 17.9. The largest absolute Gasteiger partial charge is 0.383 e. The minimum Gasteiger partial charge on any atom is -0.383 e. The van der Waals surface area contributed by atoms with E-state index in [0.29, 0.717) is 12.6 Å². The third-order valence-corrected chi connectivity index (χ3v) is 3.32. The van der Waals surface area contributed by atoms with E-state index in [2.05, 4.69) is 29.0 Å². The lowest BCUT2D eigenvalue weighted by molar-refractivity contribution is 0.147. The highest BCUT2D eigenvalue weighted by Crippen LogP contribution is 2.05. The Hall–Kier alpha value is -0.390. The molecule has 1 saturated heterocycles. The number of piperazine rings is 1. The predicted octanol–water partition coefficient (Wildman–Crippen LogP) is 0.533. The Morgan fingerprint density at radius 2 is 1.94 bits per heavy atom. The van der Waals surface area contributed by atoms with Gasteiger partial charge in [-0.05, 0) is 26.1 Å². The number of nitrogens with one attached hydrogen (secondary N) is 1. The van der Waals surface area contributed by atoms with Crippen LogP contribution in [0.15, 0.2) is 0 Å². The lowest BCUT2D eigenvalue weighted by atomic mass is 10.2. The molecule has 0 radical (unpaired) electrons. The van der Waals surface area contributed by atoms with Crippen LogP contribution in [-0.4, -0.2) is 67.4 Å². The van der Waals surface area contributed by atoms with Gasteiger partial charge in [-0.25, -0.2) is 0 Å². The molecule has 1 fully saturated rings. The van der Waals surface area contributed by atoms with E-state index < -0.39 is 0 Å². The molecule has 16 heavy (non-hydrogen) atoms. The average molecular weight is 245 g/mol. The van der Waals surface area contributed by atoms with Gasteiger partial charge in [0.2, 0.25) is 0 Å². The number of hydrogen-bond donors (Lipinski definition) is 1. The molecule has 0 atom stereocenters. The number of ether oxygens (including phenoxy) is 1. The summed E-state index contributed by atoms with van der Waals surface area (Å²) in [6, 6.07) is 0.636. The van der Waals surface area contributed by atoms with Crippen LogP contribution in [0.25, 0.3) is 0 Å². The van der Waals surface area contributed by atoms with Crippen molar-refractivity contribution >= 4 is 17.3 Å². The zero-order chi connectivity index (χ0) is 12.0. The summed E-state index contributed by atoms with van der Waals surface area (Å²) in [6.07, 6.45) is 0. The van der Waals surface area contributed by atoms with E-state index in [1.54, 1.807) is 7.11 Å². The van der Waals surface area contributed by atoms with Crippen LogP contribution in [0.4, 0.5) is 0 Å². The molecule has 1 N–H and O–H groups in total. The molecule has 4 nitrogen and oxygen atoms in total. The summed E-state index contributed by atoms with van der Waals surface area (Å²) in [7, 11) is 1.70. The van der Waals surface area contributed by atoms with E-state index in [1.165, 1.54) is 0 Å². The Morgan fingerprint density at radius 3 is 2.44 bits per heavy atom. The van der Waals surface area contributed by atoms with Gasteiger partial charge in [0.05, 0.1) is 6.61 Å². The third kappa shape index (κ3) is 4.23. The second-order valence-electron chi connectivity index (χ2n) is 4.34.